The largest absolute Gasteiger partial charge is 0.396 e. The molecule has 1 saturated heterocycles. The quantitative estimate of drug-likeness (QED) is 0.848. The predicted octanol–water partition coefficient (Wildman–Crippen LogP) is 2.46. The van der Waals surface area contributed by atoms with Crippen molar-refractivity contribution in [1.82, 2.24) is 9.29 Å². The van der Waals surface area contributed by atoms with Crippen molar-refractivity contribution in [3.63, 3.8) is 0 Å². The van der Waals surface area contributed by atoms with Gasteiger partial charge in [-0.1, -0.05) is 6.07 Å². The molecule has 142 valence electrons. The molecule has 27 heavy (non-hydrogen) atoms. The van der Waals surface area contributed by atoms with E-state index in [0.717, 1.165) is 6.42 Å². The number of aromatic nitrogens is 1. The standard InChI is InChI=1S/C19H20FN3O3S/c1-13-10-15(27(25,26)23-8-6-14(12-23)7-9-24)2-3-16(13)18-5-4-17(20)19(11-21)22-18/h2-5,10,14,24H,6-9,12H2,1H3. The molecule has 0 radical (unpaired) electrons. The van der Waals surface area contributed by atoms with Crippen LogP contribution in [0, 0.1) is 30.0 Å². The van der Waals surface area contributed by atoms with Gasteiger partial charge in [-0.15, -0.1) is 0 Å². The summed E-state index contributed by atoms with van der Waals surface area (Å²) in [4.78, 5) is 4.19. The van der Waals surface area contributed by atoms with Crippen molar-refractivity contribution in [3.8, 4) is 17.3 Å². The molecule has 1 unspecified atom stereocenters. The number of sulfonamides is 1. The molecule has 0 bridgehead atoms. The maximum absolute atomic E-state index is 13.5. The Bertz CT molecular complexity index is 1000. The van der Waals surface area contributed by atoms with E-state index < -0.39 is 15.8 Å². The molecule has 1 aliphatic rings. The van der Waals surface area contributed by atoms with Crippen molar-refractivity contribution in [1.29, 1.82) is 5.26 Å². The number of nitriles is 1. The molecule has 0 saturated carbocycles. The van der Waals surface area contributed by atoms with Gasteiger partial charge in [0.15, 0.2) is 11.5 Å². The third kappa shape index (κ3) is 3.86. The van der Waals surface area contributed by atoms with Crippen molar-refractivity contribution in [2.24, 2.45) is 5.92 Å². The molecule has 0 amide bonds. The summed E-state index contributed by atoms with van der Waals surface area (Å²) in [7, 11) is -3.61. The van der Waals surface area contributed by atoms with Gasteiger partial charge in [0.25, 0.3) is 0 Å². The number of benzene rings is 1. The Labute approximate surface area is 157 Å². The van der Waals surface area contributed by atoms with E-state index in [-0.39, 0.29) is 23.1 Å². The second kappa shape index (κ2) is 7.72. The smallest absolute Gasteiger partial charge is 0.243 e. The SMILES string of the molecule is Cc1cc(S(=O)(=O)N2CCC(CCO)C2)ccc1-c1ccc(F)c(C#N)n1. The van der Waals surface area contributed by atoms with Crippen LogP contribution in [-0.4, -0.2) is 42.5 Å². The zero-order valence-electron chi connectivity index (χ0n) is 14.9. The van der Waals surface area contributed by atoms with E-state index in [1.165, 1.54) is 22.5 Å². The van der Waals surface area contributed by atoms with E-state index in [2.05, 4.69) is 4.98 Å². The highest BCUT2D eigenvalue weighted by Gasteiger charge is 2.32. The van der Waals surface area contributed by atoms with Crippen molar-refractivity contribution in [3.05, 3.63) is 47.4 Å². The lowest BCUT2D eigenvalue weighted by molar-refractivity contribution is 0.259. The van der Waals surface area contributed by atoms with E-state index in [4.69, 9.17) is 10.4 Å². The minimum absolute atomic E-state index is 0.0573. The second-order valence-electron chi connectivity index (χ2n) is 6.65. The third-order valence-electron chi connectivity index (χ3n) is 4.85. The van der Waals surface area contributed by atoms with Crippen LogP contribution < -0.4 is 0 Å². The Morgan fingerprint density at radius 2 is 2.15 bits per heavy atom. The van der Waals surface area contributed by atoms with Crippen molar-refractivity contribution < 1.29 is 17.9 Å². The molecular formula is C19H20FN3O3S. The van der Waals surface area contributed by atoms with Crippen LogP contribution in [0.4, 0.5) is 4.39 Å². The Balaban J connectivity index is 1.90. The first-order valence-corrected chi connectivity index (χ1v) is 10.1. The van der Waals surface area contributed by atoms with Crippen LogP contribution in [0.5, 0.6) is 0 Å². The Morgan fingerprint density at radius 1 is 1.37 bits per heavy atom. The summed E-state index contributed by atoms with van der Waals surface area (Å²) in [5.41, 5.74) is 1.43. The fraction of sp³-hybridized carbons (Fsp3) is 0.368. The van der Waals surface area contributed by atoms with E-state index in [0.29, 0.717) is 36.3 Å². The summed E-state index contributed by atoms with van der Waals surface area (Å²) < 4.78 is 40.7. The lowest BCUT2D eigenvalue weighted by atomic mass is 10.1. The molecule has 6 nitrogen and oxygen atoms in total. The summed E-state index contributed by atoms with van der Waals surface area (Å²) in [5.74, 6) is -0.512. The van der Waals surface area contributed by atoms with Gasteiger partial charge in [-0.05, 0) is 55.5 Å². The molecule has 2 heterocycles. The van der Waals surface area contributed by atoms with Crippen LogP contribution in [-0.2, 0) is 10.0 Å². The first kappa shape index (κ1) is 19.4. The van der Waals surface area contributed by atoms with E-state index in [9.17, 15) is 12.8 Å². The number of hydrogen-bond acceptors (Lipinski definition) is 5. The highest BCUT2D eigenvalue weighted by Crippen LogP contribution is 2.29. The van der Waals surface area contributed by atoms with Crippen LogP contribution in [0.25, 0.3) is 11.3 Å². The molecule has 1 fully saturated rings. The van der Waals surface area contributed by atoms with Crippen LogP contribution in [0.15, 0.2) is 35.2 Å². The highest BCUT2D eigenvalue weighted by atomic mass is 32.2. The lowest BCUT2D eigenvalue weighted by Gasteiger charge is -2.17. The summed E-state index contributed by atoms with van der Waals surface area (Å²) in [6.45, 7) is 2.67. The maximum atomic E-state index is 13.5. The third-order valence-corrected chi connectivity index (χ3v) is 6.71. The fourth-order valence-corrected chi connectivity index (χ4v) is 4.95. The zero-order chi connectivity index (χ0) is 19.6. The highest BCUT2D eigenvalue weighted by molar-refractivity contribution is 7.89. The van der Waals surface area contributed by atoms with Crippen LogP contribution in [0.2, 0.25) is 0 Å². The molecule has 0 spiro atoms. The predicted molar refractivity (Wildman–Crippen MR) is 97.7 cm³/mol. The van der Waals surface area contributed by atoms with Gasteiger partial charge in [0.2, 0.25) is 10.0 Å². The van der Waals surface area contributed by atoms with Gasteiger partial charge in [0.1, 0.15) is 6.07 Å². The molecule has 1 N–H and O–H groups in total. The normalized spacial score (nSPS) is 17.8. The van der Waals surface area contributed by atoms with Gasteiger partial charge in [-0.3, -0.25) is 0 Å². The van der Waals surface area contributed by atoms with Crippen molar-refractivity contribution >= 4 is 10.0 Å². The number of rotatable bonds is 5. The van der Waals surface area contributed by atoms with Crippen molar-refractivity contribution in [2.75, 3.05) is 19.7 Å². The molecule has 0 aliphatic carbocycles. The Morgan fingerprint density at radius 3 is 2.81 bits per heavy atom. The molecule has 3 rings (SSSR count). The fourth-order valence-electron chi connectivity index (χ4n) is 3.34. The van der Waals surface area contributed by atoms with Crippen molar-refractivity contribution in [2.45, 2.75) is 24.7 Å². The summed E-state index contributed by atoms with van der Waals surface area (Å²) in [6.07, 6.45) is 1.34. The van der Waals surface area contributed by atoms with Gasteiger partial charge in [0.05, 0.1) is 10.6 Å². The first-order chi connectivity index (χ1) is 12.9. The van der Waals surface area contributed by atoms with E-state index in [1.807, 2.05) is 0 Å². The van der Waals surface area contributed by atoms with Gasteiger partial charge >= 0.3 is 0 Å². The minimum Gasteiger partial charge on any atom is -0.396 e. The first-order valence-electron chi connectivity index (χ1n) is 8.65. The van der Waals surface area contributed by atoms with Crippen LogP contribution in [0.3, 0.4) is 0 Å². The zero-order valence-corrected chi connectivity index (χ0v) is 15.7. The summed E-state index contributed by atoms with van der Waals surface area (Å²) >= 11 is 0. The van der Waals surface area contributed by atoms with Crippen LogP contribution >= 0.6 is 0 Å². The monoisotopic (exact) mass is 389 g/mol. The number of halogens is 1. The number of hydrogen-bond donors (Lipinski definition) is 1. The molecule has 1 atom stereocenters. The number of aliphatic hydroxyl groups is 1. The molecule has 1 aromatic heterocycles. The average molecular weight is 389 g/mol. The number of aryl methyl sites for hydroxylation is 1. The molecule has 1 aliphatic heterocycles. The molecule has 1 aromatic carbocycles. The van der Waals surface area contributed by atoms with Gasteiger partial charge in [-0.2, -0.15) is 9.57 Å². The van der Waals surface area contributed by atoms with Gasteiger partial charge in [-0.25, -0.2) is 17.8 Å². The maximum Gasteiger partial charge on any atom is 0.243 e. The minimum atomic E-state index is -3.61. The van der Waals surface area contributed by atoms with E-state index in [1.54, 1.807) is 25.1 Å². The molecule has 8 heteroatoms. The number of aliphatic hydroxyl groups excluding tert-OH is 1. The summed E-state index contributed by atoms with van der Waals surface area (Å²) in [6, 6.07) is 9.06. The van der Waals surface area contributed by atoms with E-state index >= 15 is 0 Å². The van der Waals surface area contributed by atoms with Crippen LogP contribution in [0.1, 0.15) is 24.1 Å². The Hall–Kier alpha value is -2.34. The number of nitrogens with zero attached hydrogens (tertiary/aromatic N) is 3. The Kier molecular flexibility index (Phi) is 5.56. The number of pyridine rings is 1. The topological polar surface area (TPSA) is 94.3 Å². The average Bonchev–Trinajstić information content (AvgIpc) is 3.12. The second-order valence-corrected chi connectivity index (χ2v) is 8.58. The lowest BCUT2D eigenvalue weighted by Crippen LogP contribution is -2.29. The van der Waals surface area contributed by atoms with Gasteiger partial charge in [0, 0.05) is 25.3 Å². The van der Waals surface area contributed by atoms with Gasteiger partial charge < -0.3 is 5.11 Å². The molecule has 2 aromatic rings. The molecular weight excluding hydrogens is 369 g/mol. The summed E-state index contributed by atoms with van der Waals surface area (Å²) in [5, 5.41) is 18.0.